The Bertz CT molecular complexity index is 377. The Balaban J connectivity index is 1.82. The van der Waals surface area contributed by atoms with E-state index in [1.54, 1.807) is 4.31 Å². The minimum atomic E-state index is -3.04. The minimum Gasteiger partial charge on any atom is -0.314 e. The van der Waals surface area contributed by atoms with Crippen molar-refractivity contribution in [3.63, 3.8) is 0 Å². The van der Waals surface area contributed by atoms with Crippen LogP contribution in [-0.4, -0.2) is 44.2 Å². The van der Waals surface area contributed by atoms with Crippen molar-refractivity contribution < 1.29 is 8.42 Å². The van der Waals surface area contributed by atoms with Crippen LogP contribution in [0.4, 0.5) is 0 Å². The molecule has 0 saturated carbocycles. The summed E-state index contributed by atoms with van der Waals surface area (Å²) in [6.07, 6.45) is 8.81. The lowest BCUT2D eigenvalue weighted by molar-refractivity contribution is 0.381. The zero-order valence-electron chi connectivity index (χ0n) is 12.8. The summed E-state index contributed by atoms with van der Waals surface area (Å²) in [6, 6.07) is 0.411. The molecule has 2 heterocycles. The van der Waals surface area contributed by atoms with Gasteiger partial charge in [-0.25, -0.2) is 12.7 Å². The molecule has 0 aromatic rings. The van der Waals surface area contributed by atoms with E-state index in [0.29, 0.717) is 11.8 Å². The first kappa shape index (κ1) is 16.2. The van der Waals surface area contributed by atoms with E-state index in [0.717, 1.165) is 51.2 Å². The molecule has 4 nitrogen and oxygen atoms in total. The van der Waals surface area contributed by atoms with Crippen LogP contribution in [0.25, 0.3) is 0 Å². The van der Waals surface area contributed by atoms with Crippen molar-refractivity contribution in [3.8, 4) is 0 Å². The average molecular weight is 302 g/mol. The van der Waals surface area contributed by atoms with Crippen LogP contribution < -0.4 is 5.32 Å². The van der Waals surface area contributed by atoms with E-state index >= 15 is 0 Å². The van der Waals surface area contributed by atoms with Gasteiger partial charge in [-0.3, -0.25) is 0 Å². The van der Waals surface area contributed by atoms with E-state index in [-0.39, 0.29) is 0 Å². The van der Waals surface area contributed by atoms with Gasteiger partial charge in [0.15, 0.2) is 0 Å². The zero-order valence-corrected chi connectivity index (χ0v) is 13.6. The number of nitrogens with one attached hydrogen (secondary N) is 1. The number of sulfonamides is 1. The predicted molar refractivity (Wildman–Crippen MR) is 83.3 cm³/mol. The van der Waals surface area contributed by atoms with Crippen molar-refractivity contribution >= 4 is 10.0 Å². The SMILES string of the molecule is CCC1CCCN(S(=O)(=O)CCC2CCCCN2)CC1. The van der Waals surface area contributed by atoms with Crippen molar-refractivity contribution in [2.24, 2.45) is 5.92 Å². The van der Waals surface area contributed by atoms with E-state index < -0.39 is 10.0 Å². The molecule has 5 heteroatoms. The molecule has 2 aliphatic heterocycles. The maximum absolute atomic E-state index is 12.5. The van der Waals surface area contributed by atoms with Crippen LogP contribution in [0.2, 0.25) is 0 Å². The van der Waals surface area contributed by atoms with Gasteiger partial charge in [0.05, 0.1) is 5.75 Å². The Kier molecular flexibility index (Phi) is 6.30. The summed E-state index contributed by atoms with van der Waals surface area (Å²) in [5, 5.41) is 3.44. The molecule has 2 aliphatic rings. The van der Waals surface area contributed by atoms with Crippen LogP contribution >= 0.6 is 0 Å². The molecule has 2 fully saturated rings. The minimum absolute atomic E-state index is 0.321. The molecule has 2 rings (SSSR count). The van der Waals surface area contributed by atoms with E-state index in [2.05, 4.69) is 12.2 Å². The highest BCUT2D eigenvalue weighted by molar-refractivity contribution is 7.89. The molecule has 0 aromatic carbocycles. The standard InChI is InChI=1S/C15H30N2O2S/c1-2-14-6-5-11-17(12-8-14)20(18,19)13-9-15-7-3-4-10-16-15/h14-16H,2-13H2,1H3. The summed E-state index contributed by atoms with van der Waals surface area (Å²) in [4.78, 5) is 0. The molecule has 1 N–H and O–H groups in total. The van der Waals surface area contributed by atoms with E-state index in [1.807, 2.05) is 0 Å². The molecule has 0 radical (unpaired) electrons. The summed E-state index contributed by atoms with van der Waals surface area (Å²) in [7, 11) is -3.04. The Hall–Kier alpha value is -0.130. The largest absolute Gasteiger partial charge is 0.314 e. The molecule has 118 valence electrons. The van der Waals surface area contributed by atoms with Crippen LogP contribution in [0.5, 0.6) is 0 Å². The van der Waals surface area contributed by atoms with Gasteiger partial charge in [-0.05, 0) is 51.0 Å². The molecule has 0 spiro atoms. The van der Waals surface area contributed by atoms with E-state index in [9.17, 15) is 8.42 Å². The quantitative estimate of drug-likeness (QED) is 0.848. The van der Waals surface area contributed by atoms with Gasteiger partial charge in [-0.1, -0.05) is 19.8 Å². The predicted octanol–water partition coefficient (Wildman–Crippen LogP) is 2.36. The summed E-state index contributed by atoms with van der Waals surface area (Å²) >= 11 is 0. The zero-order chi connectivity index (χ0) is 14.4. The summed E-state index contributed by atoms with van der Waals surface area (Å²) in [6.45, 7) is 4.73. The fourth-order valence-corrected chi connectivity index (χ4v) is 5.05. The van der Waals surface area contributed by atoms with E-state index in [1.165, 1.54) is 25.7 Å². The lowest BCUT2D eigenvalue weighted by Gasteiger charge is -2.25. The maximum Gasteiger partial charge on any atom is 0.214 e. The molecule has 0 amide bonds. The molecular formula is C15H30N2O2S. The van der Waals surface area contributed by atoms with Gasteiger partial charge in [-0.15, -0.1) is 0 Å². The number of hydrogen-bond donors (Lipinski definition) is 1. The van der Waals surface area contributed by atoms with Crippen LogP contribution in [-0.2, 0) is 10.0 Å². The lowest BCUT2D eigenvalue weighted by Crippen LogP contribution is -2.39. The molecule has 0 aliphatic carbocycles. The highest BCUT2D eigenvalue weighted by atomic mass is 32.2. The van der Waals surface area contributed by atoms with E-state index in [4.69, 9.17) is 0 Å². The topological polar surface area (TPSA) is 49.4 Å². The van der Waals surface area contributed by atoms with Gasteiger partial charge in [0.25, 0.3) is 0 Å². The van der Waals surface area contributed by atoms with Crippen molar-refractivity contribution in [2.75, 3.05) is 25.4 Å². The van der Waals surface area contributed by atoms with Crippen LogP contribution in [0.15, 0.2) is 0 Å². The number of piperidine rings is 1. The second-order valence-electron chi connectivity index (χ2n) is 6.36. The molecule has 2 atom stereocenters. The lowest BCUT2D eigenvalue weighted by atomic mass is 9.98. The third-order valence-electron chi connectivity index (χ3n) is 4.91. The first-order valence-electron chi connectivity index (χ1n) is 8.33. The monoisotopic (exact) mass is 302 g/mol. The second kappa shape index (κ2) is 7.76. The summed E-state index contributed by atoms with van der Waals surface area (Å²) in [5.41, 5.74) is 0. The van der Waals surface area contributed by atoms with Gasteiger partial charge in [0.1, 0.15) is 0 Å². The number of hydrogen-bond acceptors (Lipinski definition) is 3. The highest BCUT2D eigenvalue weighted by Crippen LogP contribution is 2.22. The second-order valence-corrected chi connectivity index (χ2v) is 8.44. The fourth-order valence-electron chi connectivity index (χ4n) is 3.42. The summed E-state index contributed by atoms with van der Waals surface area (Å²) in [5.74, 6) is 1.04. The molecular weight excluding hydrogens is 272 g/mol. The van der Waals surface area contributed by atoms with Crippen LogP contribution in [0, 0.1) is 5.92 Å². The Morgan fingerprint density at radius 2 is 1.95 bits per heavy atom. The third-order valence-corrected chi connectivity index (χ3v) is 6.82. The van der Waals surface area contributed by atoms with Gasteiger partial charge in [0.2, 0.25) is 10.0 Å². The van der Waals surface area contributed by atoms with Crippen molar-refractivity contribution in [1.82, 2.24) is 9.62 Å². The smallest absolute Gasteiger partial charge is 0.214 e. The first-order chi connectivity index (χ1) is 9.62. The van der Waals surface area contributed by atoms with Crippen LogP contribution in [0.1, 0.15) is 58.3 Å². The normalized spacial score (nSPS) is 30.1. The molecule has 0 bridgehead atoms. The molecule has 20 heavy (non-hydrogen) atoms. The Morgan fingerprint density at radius 3 is 2.65 bits per heavy atom. The Labute approximate surface area is 124 Å². The van der Waals surface area contributed by atoms with Crippen molar-refractivity contribution in [1.29, 1.82) is 0 Å². The first-order valence-corrected chi connectivity index (χ1v) is 9.94. The van der Waals surface area contributed by atoms with Gasteiger partial charge in [0, 0.05) is 19.1 Å². The van der Waals surface area contributed by atoms with Crippen molar-refractivity contribution in [3.05, 3.63) is 0 Å². The molecule has 2 unspecified atom stereocenters. The Morgan fingerprint density at radius 1 is 1.10 bits per heavy atom. The molecule has 2 saturated heterocycles. The number of nitrogens with zero attached hydrogens (tertiary/aromatic N) is 1. The van der Waals surface area contributed by atoms with Crippen LogP contribution in [0.3, 0.4) is 0 Å². The third kappa shape index (κ3) is 4.71. The summed E-state index contributed by atoms with van der Waals surface area (Å²) < 4.78 is 26.7. The average Bonchev–Trinajstić information content (AvgIpc) is 2.72. The van der Waals surface area contributed by atoms with Crippen molar-refractivity contribution in [2.45, 2.75) is 64.3 Å². The van der Waals surface area contributed by atoms with Gasteiger partial charge in [-0.2, -0.15) is 0 Å². The fraction of sp³-hybridized carbons (Fsp3) is 1.00. The molecule has 0 aromatic heterocycles. The van der Waals surface area contributed by atoms with Gasteiger partial charge >= 0.3 is 0 Å². The maximum atomic E-state index is 12.5. The highest BCUT2D eigenvalue weighted by Gasteiger charge is 2.26. The van der Waals surface area contributed by atoms with Gasteiger partial charge < -0.3 is 5.32 Å². The number of rotatable bonds is 5.